The molecule has 1 aliphatic rings. The van der Waals surface area contributed by atoms with Crippen LogP contribution in [0.25, 0.3) is 10.1 Å². The van der Waals surface area contributed by atoms with Crippen LogP contribution in [-0.2, 0) is 0 Å². The fourth-order valence-corrected chi connectivity index (χ4v) is 2.51. The molecule has 3 rings (SSSR count). The summed E-state index contributed by atoms with van der Waals surface area (Å²) in [7, 11) is 0. The predicted octanol–water partition coefficient (Wildman–Crippen LogP) is 2.44. The van der Waals surface area contributed by atoms with Gasteiger partial charge in [0, 0.05) is 15.6 Å². The Kier molecular flexibility index (Phi) is 1.78. The van der Waals surface area contributed by atoms with Gasteiger partial charge in [0.15, 0.2) is 11.5 Å². The lowest BCUT2D eigenvalue weighted by Gasteiger charge is -1.94. The Morgan fingerprint density at radius 3 is 2.87 bits per heavy atom. The molecule has 2 heterocycles. The molecule has 2 aromatic rings. The van der Waals surface area contributed by atoms with Crippen LogP contribution in [0, 0.1) is 0 Å². The first-order valence-electron chi connectivity index (χ1n) is 4.37. The van der Waals surface area contributed by atoms with Gasteiger partial charge in [-0.1, -0.05) is 5.16 Å². The van der Waals surface area contributed by atoms with Crippen LogP contribution in [0.3, 0.4) is 0 Å². The third kappa shape index (κ3) is 1.32. The van der Waals surface area contributed by atoms with Gasteiger partial charge >= 0.3 is 0 Å². The Bertz CT molecular complexity index is 506. The molecule has 0 fully saturated rings. The van der Waals surface area contributed by atoms with Crippen LogP contribution in [-0.4, -0.2) is 18.2 Å². The molecular weight excluding hydrogens is 214 g/mol. The fraction of sp³-hybridized carbons (Fsp3) is 0.100. The molecule has 4 nitrogen and oxygen atoms in total. The van der Waals surface area contributed by atoms with E-state index in [0.717, 1.165) is 26.5 Å². The Morgan fingerprint density at radius 2 is 2.07 bits per heavy atom. The highest BCUT2D eigenvalue weighted by Crippen LogP contribution is 2.38. The van der Waals surface area contributed by atoms with Gasteiger partial charge < -0.3 is 14.7 Å². The van der Waals surface area contributed by atoms with E-state index < -0.39 is 0 Å². The van der Waals surface area contributed by atoms with E-state index in [0.29, 0.717) is 0 Å². The largest absolute Gasteiger partial charge is 0.454 e. The average Bonchev–Trinajstić information content (AvgIpc) is 2.78. The number of benzene rings is 1. The number of ether oxygens (including phenoxy) is 2. The molecule has 0 aliphatic carbocycles. The lowest BCUT2D eigenvalue weighted by atomic mass is 10.2. The van der Waals surface area contributed by atoms with Crippen LogP contribution in [0.15, 0.2) is 23.4 Å². The van der Waals surface area contributed by atoms with Crippen molar-refractivity contribution in [3.8, 4) is 11.5 Å². The molecule has 0 atom stereocenters. The van der Waals surface area contributed by atoms with Crippen LogP contribution >= 0.6 is 11.3 Å². The van der Waals surface area contributed by atoms with E-state index in [9.17, 15) is 0 Å². The van der Waals surface area contributed by atoms with Gasteiger partial charge in [-0.15, -0.1) is 11.3 Å². The topological polar surface area (TPSA) is 51.1 Å². The van der Waals surface area contributed by atoms with E-state index in [-0.39, 0.29) is 6.79 Å². The number of oxime groups is 1. The van der Waals surface area contributed by atoms with Crippen molar-refractivity contribution >= 4 is 27.6 Å². The average molecular weight is 221 g/mol. The smallest absolute Gasteiger partial charge is 0.231 e. The lowest BCUT2D eigenvalue weighted by Crippen LogP contribution is -1.92. The van der Waals surface area contributed by atoms with Crippen LogP contribution in [0.1, 0.15) is 4.88 Å². The summed E-state index contributed by atoms with van der Waals surface area (Å²) in [5.41, 5.74) is 0. The summed E-state index contributed by atoms with van der Waals surface area (Å²) in [6.45, 7) is 0.289. The first-order chi connectivity index (χ1) is 7.36. The van der Waals surface area contributed by atoms with Crippen molar-refractivity contribution in [3.63, 3.8) is 0 Å². The van der Waals surface area contributed by atoms with Gasteiger partial charge in [0.2, 0.25) is 6.79 Å². The Labute approximate surface area is 89.3 Å². The Morgan fingerprint density at radius 1 is 1.27 bits per heavy atom. The second kappa shape index (κ2) is 3.13. The van der Waals surface area contributed by atoms with Crippen molar-refractivity contribution in [1.82, 2.24) is 0 Å². The maximum Gasteiger partial charge on any atom is 0.231 e. The fourth-order valence-electron chi connectivity index (χ4n) is 1.57. The van der Waals surface area contributed by atoms with Crippen molar-refractivity contribution in [2.45, 2.75) is 0 Å². The van der Waals surface area contributed by atoms with E-state index in [1.807, 2.05) is 18.2 Å². The number of hydrogen-bond acceptors (Lipinski definition) is 5. The summed E-state index contributed by atoms with van der Waals surface area (Å²) in [4.78, 5) is 0.899. The summed E-state index contributed by atoms with van der Waals surface area (Å²) >= 11 is 1.54. The highest BCUT2D eigenvalue weighted by molar-refractivity contribution is 7.20. The molecule has 0 bridgehead atoms. The first-order valence-corrected chi connectivity index (χ1v) is 5.19. The molecule has 0 unspecified atom stereocenters. The highest BCUT2D eigenvalue weighted by Gasteiger charge is 2.15. The zero-order valence-corrected chi connectivity index (χ0v) is 8.45. The molecular formula is C10H7NO3S. The molecule has 1 aromatic carbocycles. The Hall–Kier alpha value is -1.75. The third-order valence-electron chi connectivity index (χ3n) is 2.22. The summed E-state index contributed by atoms with van der Waals surface area (Å²) in [5.74, 6) is 1.55. The molecule has 1 aliphatic heterocycles. The minimum atomic E-state index is 0.289. The van der Waals surface area contributed by atoms with E-state index in [1.165, 1.54) is 6.21 Å². The maximum atomic E-state index is 8.44. The molecule has 5 heteroatoms. The second-order valence-electron chi connectivity index (χ2n) is 3.14. The molecule has 15 heavy (non-hydrogen) atoms. The zero-order chi connectivity index (χ0) is 10.3. The number of fused-ring (bicyclic) bond motifs is 2. The second-order valence-corrected chi connectivity index (χ2v) is 4.25. The van der Waals surface area contributed by atoms with Crippen molar-refractivity contribution in [2.75, 3.05) is 6.79 Å². The van der Waals surface area contributed by atoms with E-state index in [1.54, 1.807) is 11.3 Å². The monoisotopic (exact) mass is 221 g/mol. The van der Waals surface area contributed by atoms with Gasteiger partial charge in [0.05, 0.1) is 6.21 Å². The van der Waals surface area contributed by atoms with Gasteiger partial charge in [0.1, 0.15) is 0 Å². The van der Waals surface area contributed by atoms with Crippen molar-refractivity contribution in [2.24, 2.45) is 5.16 Å². The van der Waals surface area contributed by atoms with Crippen LogP contribution < -0.4 is 9.47 Å². The molecule has 0 radical (unpaired) electrons. The number of hydrogen-bond donors (Lipinski definition) is 1. The Balaban J connectivity index is 2.20. The lowest BCUT2D eigenvalue weighted by molar-refractivity contribution is 0.174. The minimum Gasteiger partial charge on any atom is -0.454 e. The van der Waals surface area contributed by atoms with Crippen molar-refractivity contribution in [3.05, 3.63) is 23.1 Å². The zero-order valence-electron chi connectivity index (χ0n) is 7.64. The maximum absolute atomic E-state index is 8.44. The number of thiophene rings is 1. The summed E-state index contributed by atoms with van der Waals surface area (Å²) in [6.07, 6.45) is 1.41. The molecule has 0 saturated heterocycles. The number of rotatable bonds is 1. The SMILES string of the molecule is ON=Cc1cc2cc3c(cc2s1)OCO3. The van der Waals surface area contributed by atoms with Crippen molar-refractivity contribution < 1.29 is 14.7 Å². The van der Waals surface area contributed by atoms with Crippen LogP contribution in [0.5, 0.6) is 11.5 Å². The van der Waals surface area contributed by atoms with Gasteiger partial charge in [0.25, 0.3) is 0 Å². The van der Waals surface area contributed by atoms with Crippen LogP contribution in [0.2, 0.25) is 0 Å². The summed E-state index contributed by atoms with van der Waals surface area (Å²) < 4.78 is 11.6. The first kappa shape index (κ1) is 8.55. The molecule has 1 aromatic heterocycles. The van der Waals surface area contributed by atoms with E-state index in [4.69, 9.17) is 14.7 Å². The molecule has 0 spiro atoms. The highest BCUT2D eigenvalue weighted by atomic mass is 32.1. The molecule has 76 valence electrons. The predicted molar refractivity (Wildman–Crippen MR) is 57.3 cm³/mol. The van der Waals surface area contributed by atoms with Gasteiger partial charge in [-0.05, 0) is 17.5 Å². The molecule has 0 saturated carbocycles. The minimum absolute atomic E-state index is 0.289. The van der Waals surface area contributed by atoms with E-state index >= 15 is 0 Å². The summed E-state index contributed by atoms with van der Waals surface area (Å²) in [5, 5.41) is 12.5. The quantitative estimate of drug-likeness (QED) is 0.457. The summed E-state index contributed by atoms with van der Waals surface area (Å²) in [6, 6.07) is 5.82. The van der Waals surface area contributed by atoms with Gasteiger partial charge in [-0.3, -0.25) is 0 Å². The standard InChI is InChI=1S/C10H7NO3S/c12-11-4-7-1-6-2-8-9(14-5-13-8)3-10(6)15-7/h1-4,12H,5H2. The normalized spacial score (nSPS) is 14.1. The third-order valence-corrected chi connectivity index (χ3v) is 3.25. The van der Waals surface area contributed by atoms with Gasteiger partial charge in [-0.25, -0.2) is 0 Å². The van der Waals surface area contributed by atoms with Crippen LogP contribution in [0.4, 0.5) is 0 Å². The molecule has 0 amide bonds. The number of nitrogens with zero attached hydrogens (tertiary/aromatic N) is 1. The van der Waals surface area contributed by atoms with E-state index in [2.05, 4.69) is 5.16 Å². The molecule has 1 N–H and O–H groups in total. The van der Waals surface area contributed by atoms with Crippen molar-refractivity contribution in [1.29, 1.82) is 0 Å². The van der Waals surface area contributed by atoms with Gasteiger partial charge in [-0.2, -0.15) is 0 Å².